The average molecular weight is 197 g/mol. The lowest BCUT2D eigenvalue weighted by atomic mass is 10.2. The SMILES string of the molecule is CCC(=O)N[C@@H](C)Cc1cccs1. The minimum Gasteiger partial charge on any atom is -0.353 e. The van der Waals surface area contributed by atoms with Crippen LogP contribution in [-0.4, -0.2) is 11.9 Å². The molecule has 0 aliphatic rings. The van der Waals surface area contributed by atoms with Crippen molar-refractivity contribution in [3.05, 3.63) is 22.4 Å². The van der Waals surface area contributed by atoms with Crippen LogP contribution in [0, 0.1) is 0 Å². The van der Waals surface area contributed by atoms with E-state index < -0.39 is 0 Å². The number of hydrogen-bond donors (Lipinski definition) is 1. The first-order valence-electron chi connectivity index (χ1n) is 4.54. The number of carbonyl (C=O) groups is 1. The van der Waals surface area contributed by atoms with Crippen LogP contribution >= 0.6 is 11.3 Å². The van der Waals surface area contributed by atoms with Crippen LogP contribution in [-0.2, 0) is 11.2 Å². The first kappa shape index (κ1) is 10.3. The van der Waals surface area contributed by atoms with E-state index in [1.807, 2.05) is 19.9 Å². The number of thiophene rings is 1. The van der Waals surface area contributed by atoms with Gasteiger partial charge in [-0.2, -0.15) is 0 Å². The van der Waals surface area contributed by atoms with Crippen LogP contribution in [0.15, 0.2) is 17.5 Å². The topological polar surface area (TPSA) is 29.1 Å². The Morgan fingerprint density at radius 3 is 3.00 bits per heavy atom. The Labute approximate surface area is 83.0 Å². The second-order valence-electron chi connectivity index (χ2n) is 3.11. The molecule has 13 heavy (non-hydrogen) atoms. The monoisotopic (exact) mass is 197 g/mol. The Hall–Kier alpha value is -0.830. The summed E-state index contributed by atoms with van der Waals surface area (Å²) < 4.78 is 0. The highest BCUT2D eigenvalue weighted by Crippen LogP contribution is 2.10. The maximum Gasteiger partial charge on any atom is 0.219 e. The summed E-state index contributed by atoms with van der Waals surface area (Å²) in [5, 5.41) is 4.99. The van der Waals surface area contributed by atoms with E-state index in [2.05, 4.69) is 16.8 Å². The van der Waals surface area contributed by atoms with Crippen molar-refractivity contribution in [2.24, 2.45) is 0 Å². The van der Waals surface area contributed by atoms with Crippen LogP contribution in [0.1, 0.15) is 25.1 Å². The van der Waals surface area contributed by atoms with E-state index in [0.717, 1.165) is 6.42 Å². The van der Waals surface area contributed by atoms with Gasteiger partial charge < -0.3 is 5.32 Å². The second kappa shape index (κ2) is 5.02. The van der Waals surface area contributed by atoms with Crippen molar-refractivity contribution in [3.63, 3.8) is 0 Å². The molecule has 0 saturated heterocycles. The third kappa shape index (κ3) is 3.59. The van der Waals surface area contributed by atoms with Gasteiger partial charge >= 0.3 is 0 Å². The number of amides is 1. The molecular weight excluding hydrogens is 182 g/mol. The van der Waals surface area contributed by atoms with Crippen molar-refractivity contribution in [2.45, 2.75) is 32.7 Å². The van der Waals surface area contributed by atoms with E-state index in [1.165, 1.54) is 4.88 Å². The summed E-state index contributed by atoms with van der Waals surface area (Å²) in [7, 11) is 0. The summed E-state index contributed by atoms with van der Waals surface area (Å²) in [4.78, 5) is 12.4. The maximum atomic E-state index is 11.0. The van der Waals surface area contributed by atoms with Crippen molar-refractivity contribution in [1.29, 1.82) is 0 Å². The summed E-state index contributed by atoms with van der Waals surface area (Å²) >= 11 is 1.73. The zero-order valence-corrected chi connectivity index (χ0v) is 8.86. The zero-order chi connectivity index (χ0) is 9.68. The fourth-order valence-electron chi connectivity index (χ4n) is 1.16. The number of hydrogen-bond acceptors (Lipinski definition) is 2. The van der Waals surface area contributed by atoms with Gasteiger partial charge in [0.05, 0.1) is 0 Å². The van der Waals surface area contributed by atoms with Crippen LogP contribution in [0.4, 0.5) is 0 Å². The van der Waals surface area contributed by atoms with Crippen molar-refractivity contribution in [2.75, 3.05) is 0 Å². The molecule has 0 unspecified atom stereocenters. The molecular formula is C10H15NOS. The Kier molecular flexibility index (Phi) is 3.96. The summed E-state index contributed by atoms with van der Waals surface area (Å²) in [6.45, 7) is 3.90. The molecule has 1 aromatic rings. The van der Waals surface area contributed by atoms with Crippen molar-refractivity contribution >= 4 is 17.2 Å². The summed E-state index contributed by atoms with van der Waals surface area (Å²) in [5.74, 6) is 0.129. The molecule has 0 radical (unpaired) electrons. The van der Waals surface area contributed by atoms with Gasteiger partial charge in [0.15, 0.2) is 0 Å². The Bertz CT molecular complexity index is 256. The van der Waals surface area contributed by atoms with Crippen LogP contribution in [0.5, 0.6) is 0 Å². The minimum atomic E-state index is 0.129. The third-order valence-electron chi connectivity index (χ3n) is 1.82. The third-order valence-corrected chi connectivity index (χ3v) is 2.71. The van der Waals surface area contributed by atoms with E-state index in [0.29, 0.717) is 6.42 Å². The van der Waals surface area contributed by atoms with Crippen LogP contribution in [0.2, 0.25) is 0 Å². The lowest BCUT2D eigenvalue weighted by molar-refractivity contribution is -0.121. The fourth-order valence-corrected chi connectivity index (χ4v) is 1.99. The molecule has 0 fully saturated rings. The normalized spacial score (nSPS) is 12.5. The molecule has 1 atom stereocenters. The second-order valence-corrected chi connectivity index (χ2v) is 4.14. The van der Waals surface area contributed by atoms with Gasteiger partial charge in [0, 0.05) is 23.8 Å². The lowest BCUT2D eigenvalue weighted by Gasteiger charge is -2.11. The quantitative estimate of drug-likeness (QED) is 0.787. The lowest BCUT2D eigenvalue weighted by Crippen LogP contribution is -2.33. The summed E-state index contributed by atoms with van der Waals surface area (Å²) in [5.41, 5.74) is 0. The molecule has 72 valence electrons. The molecule has 0 aliphatic heterocycles. The maximum absolute atomic E-state index is 11.0. The van der Waals surface area contributed by atoms with E-state index in [4.69, 9.17) is 0 Å². The van der Waals surface area contributed by atoms with Crippen LogP contribution in [0.3, 0.4) is 0 Å². The van der Waals surface area contributed by atoms with Gasteiger partial charge in [-0.3, -0.25) is 4.79 Å². The standard InChI is InChI=1S/C10H15NOS/c1-3-10(12)11-8(2)7-9-5-4-6-13-9/h4-6,8H,3,7H2,1-2H3,(H,11,12)/t8-/m0/s1. The first-order chi connectivity index (χ1) is 6.22. The van der Waals surface area contributed by atoms with Gasteiger partial charge in [0.1, 0.15) is 0 Å². The van der Waals surface area contributed by atoms with E-state index in [-0.39, 0.29) is 11.9 Å². The molecule has 1 N–H and O–H groups in total. The van der Waals surface area contributed by atoms with Gasteiger partial charge in [-0.1, -0.05) is 13.0 Å². The predicted molar refractivity (Wildman–Crippen MR) is 55.9 cm³/mol. The molecule has 1 amide bonds. The van der Waals surface area contributed by atoms with Gasteiger partial charge in [-0.05, 0) is 18.4 Å². The Morgan fingerprint density at radius 2 is 2.46 bits per heavy atom. The number of nitrogens with one attached hydrogen (secondary N) is 1. The van der Waals surface area contributed by atoms with Crippen molar-refractivity contribution < 1.29 is 4.79 Å². The van der Waals surface area contributed by atoms with Gasteiger partial charge in [-0.15, -0.1) is 11.3 Å². The van der Waals surface area contributed by atoms with Crippen LogP contribution < -0.4 is 5.32 Å². The Balaban J connectivity index is 2.33. The fraction of sp³-hybridized carbons (Fsp3) is 0.500. The molecule has 0 spiro atoms. The zero-order valence-electron chi connectivity index (χ0n) is 8.04. The minimum absolute atomic E-state index is 0.129. The average Bonchev–Trinajstić information content (AvgIpc) is 2.56. The van der Waals surface area contributed by atoms with E-state index >= 15 is 0 Å². The smallest absolute Gasteiger partial charge is 0.219 e. The molecule has 1 aromatic heterocycles. The highest BCUT2D eigenvalue weighted by Gasteiger charge is 2.06. The molecule has 0 bridgehead atoms. The van der Waals surface area contributed by atoms with Gasteiger partial charge in [0.2, 0.25) is 5.91 Å². The predicted octanol–water partition coefficient (Wildman–Crippen LogP) is 2.21. The van der Waals surface area contributed by atoms with E-state index in [9.17, 15) is 4.79 Å². The molecule has 0 aromatic carbocycles. The van der Waals surface area contributed by atoms with Gasteiger partial charge in [0.25, 0.3) is 0 Å². The molecule has 0 aliphatic carbocycles. The summed E-state index contributed by atoms with van der Waals surface area (Å²) in [6, 6.07) is 4.37. The molecule has 3 heteroatoms. The Morgan fingerprint density at radius 1 is 1.69 bits per heavy atom. The first-order valence-corrected chi connectivity index (χ1v) is 5.42. The number of rotatable bonds is 4. The highest BCUT2D eigenvalue weighted by molar-refractivity contribution is 7.09. The molecule has 1 rings (SSSR count). The highest BCUT2D eigenvalue weighted by atomic mass is 32.1. The molecule has 1 heterocycles. The van der Waals surface area contributed by atoms with Crippen molar-refractivity contribution in [3.8, 4) is 0 Å². The molecule has 0 saturated carbocycles. The number of carbonyl (C=O) groups excluding carboxylic acids is 1. The largest absolute Gasteiger partial charge is 0.353 e. The van der Waals surface area contributed by atoms with Crippen molar-refractivity contribution in [1.82, 2.24) is 5.32 Å². The molecule has 2 nitrogen and oxygen atoms in total. The van der Waals surface area contributed by atoms with E-state index in [1.54, 1.807) is 11.3 Å². The summed E-state index contributed by atoms with van der Waals surface area (Å²) in [6.07, 6.45) is 1.50. The van der Waals surface area contributed by atoms with Gasteiger partial charge in [-0.25, -0.2) is 0 Å². The van der Waals surface area contributed by atoms with Crippen LogP contribution in [0.25, 0.3) is 0 Å².